The summed E-state index contributed by atoms with van der Waals surface area (Å²) in [5.74, 6) is 0. The minimum atomic E-state index is 1.24. The summed E-state index contributed by atoms with van der Waals surface area (Å²) in [6.07, 6.45) is 0. The van der Waals surface area contributed by atoms with Gasteiger partial charge >= 0.3 is 0 Å². The van der Waals surface area contributed by atoms with Crippen LogP contribution in [-0.2, 0) is 0 Å². The summed E-state index contributed by atoms with van der Waals surface area (Å²) in [4.78, 5) is 0. The van der Waals surface area contributed by atoms with Crippen molar-refractivity contribution in [3.8, 4) is 44.5 Å². The monoisotopic (exact) mass is 596 g/mol. The standard InChI is InChI=1S/C47H32/c1-31-24-44(29-43-17-16-40(30-47(31)43)37-15-14-33-10-5-6-11-34(33)26-37)39-21-23-46-42(28-39)19-18-41-27-38(20-22-45(41)46)36-13-7-12-35(25-36)32-8-3-2-4-9-32/h2-30H,1H3. The van der Waals surface area contributed by atoms with Crippen LogP contribution in [0.5, 0.6) is 0 Å². The molecule has 0 heteroatoms. The van der Waals surface area contributed by atoms with Crippen molar-refractivity contribution in [2.75, 3.05) is 0 Å². The molecule has 0 aromatic heterocycles. The molecular weight excluding hydrogens is 565 g/mol. The Bertz CT molecular complexity index is 2620. The van der Waals surface area contributed by atoms with Gasteiger partial charge in [0.05, 0.1) is 0 Å². The maximum atomic E-state index is 2.34. The number of benzene rings is 9. The molecule has 0 radical (unpaired) electrons. The first-order chi connectivity index (χ1) is 23.2. The van der Waals surface area contributed by atoms with Gasteiger partial charge in [-0.3, -0.25) is 0 Å². The highest BCUT2D eigenvalue weighted by Gasteiger charge is 2.10. The van der Waals surface area contributed by atoms with E-state index in [0.29, 0.717) is 0 Å². The minimum absolute atomic E-state index is 1.24. The maximum absolute atomic E-state index is 2.34. The molecule has 0 aliphatic carbocycles. The molecule has 9 aromatic carbocycles. The van der Waals surface area contributed by atoms with Gasteiger partial charge in [-0.2, -0.15) is 0 Å². The Labute approximate surface area is 275 Å². The Morgan fingerprint density at radius 1 is 0.234 bits per heavy atom. The molecule has 47 heavy (non-hydrogen) atoms. The van der Waals surface area contributed by atoms with Gasteiger partial charge in [0.25, 0.3) is 0 Å². The summed E-state index contributed by atoms with van der Waals surface area (Å²) >= 11 is 0. The number of fused-ring (bicyclic) bond motifs is 5. The number of hydrogen-bond acceptors (Lipinski definition) is 0. The Kier molecular flexibility index (Phi) is 6.47. The maximum Gasteiger partial charge on any atom is -0.0105 e. The van der Waals surface area contributed by atoms with Gasteiger partial charge in [0, 0.05) is 0 Å². The SMILES string of the molecule is Cc1cc(-c2ccc3c(ccc4cc(-c5cccc(-c6ccccc6)c5)ccc43)c2)cc2ccc(-c3ccc4ccccc4c3)cc12. The van der Waals surface area contributed by atoms with E-state index in [2.05, 4.69) is 183 Å². The highest BCUT2D eigenvalue weighted by atomic mass is 14.1. The first-order valence-corrected chi connectivity index (χ1v) is 16.3. The molecule has 0 saturated carbocycles. The van der Waals surface area contributed by atoms with Crippen molar-refractivity contribution in [3.63, 3.8) is 0 Å². The second kappa shape index (κ2) is 11.1. The Balaban J connectivity index is 1.05. The van der Waals surface area contributed by atoms with Gasteiger partial charge in [0.15, 0.2) is 0 Å². The summed E-state index contributed by atoms with van der Waals surface area (Å²) in [6, 6.07) is 64.6. The third kappa shape index (κ3) is 4.96. The van der Waals surface area contributed by atoms with Gasteiger partial charge < -0.3 is 0 Å². The van der Waals surface area contributed by atoms with E-state index in [4.69, 9.17) is 0 Å². The number of hydrogen-bond donors (Lipinski definition) is 0. The highest BCUT2D eigenvalue weighted by molar-refractivity contribution is 6.09. The Hall–Kier alpha value is -5.98. The molecule has 0 N–H and O–H groups in total. The topological polar surface area (TPSA) is 0 Å². The predicted molar refractivity (Wildman–Crippen MR) is 203 cm³/mol. The van der Waals surface area contributed by atoms with E-state index in [9.17, 15) is 0 Å². The van der Waals surface area contributed by atoms with E-state index in [0.717, 1.165) is 0 Å². The fourth-order valence-corrected chi connectivity index (χ4v) is 7.20. The van der Waals surface area contributed by atoms with Crippen molar-refractivity contribution >= 4 is 43.1 Å². The minimum Gasteiger partial charge on any atom is -0.0622 e. The van der Waals surface area contributed by atoms with Crippen molar-refractivity contribution in [3.05, 3.63) is 181 Å². The number of aryl methyl sites for hydroxylation is 1. The molecule has 0 amide bonds. The first-order valence-electron chi connectivity index (χ1n) is 16.3. The van der Waals surface area contributed by atoms with Crippen LogP contribution in [0.4, 0.5) is 0 Å². The van der Waals surface area contributed by atoms with Gasteiger partial charge in [-0.1, -0.05) is 140 Å². The molecule has 0 unspecified atom stereocenters. The zero-order chi connectivity index (χ0) is 31.3. The lowest BCUT2D eigenvalue weighted by Gasteiger charge is -2.12. The van der Waals surface area contributed by atoms with Gasteiger partial charge in [0.2, 0.25) is 0 Å². The van der Waals surface area contributed by atoms with Crippen LogP contribution in [-0.4, -0.2) is 0 Å². The normalized spacial score (nSPS) is 11.5. The third-order valence-corrected chi connectivity index (χ3v) is 9.72. The molecule has 0 spiro atoms. The van der Waals surface area contributed by atoms with E-state index in [1.165, 1.54) is 93.2 Å². The highest BCUT2D eigenvalue weighted by Crippen LogP contribution is 2.36. The van der Waals surface area contributed by atoms with Crippen molar-refractivity contribution in [2.24, 2.45) is 0 Å². The third-order valence-electron chi connectivity index (χ3n) is 9.72. The predicted octanol–water partition coefficient (Wildman–Crippen LogP) is 13.3. The van der Waals surface area contributed by atoms with Crippen molar-refractivity contribution in [1.82, 2.24) is 0 Å². The van der Waals surface area contributed by atoms with Gasteiger partial charge in [-0.05, 0) is 136 Å². The lowest BCUT2D eigenvalue weighted by atomic mass is 9.92. The lowest BCUT2D eigenvalue weighted by Crippen LogP contribution is -1.87. The van der Waals surface area contributed by atoms with Crippen molar-refractivity contribution in [1.29, 1.82) is 0 Å². The van der Waals surface area contributed by atoms with Crippen LogP contribution in [0.15, 0.2) is 176 Å². The second-order valence-electron chi connectivity index (χ2n) is 12.7. The molecular formula is C47H32. The largest absolute Gasteiger partial charge is 0.0622 e. The fourth-order valence-electron chi connectivity index (χ4n) is 7.20. The molecule has 9 rings (SSSR count). The van der Waals surface area contributed by atoms with Crippen LogP contribution < -0.4 is 0 Å². The van der Waals surface area contributed by atoms with Crippen LogP contribution in [0.2, 0.25) is 0 Å². The van der Waals surface area contributed by atoms with E-state index >= 15 is 0 Å². The van der Waals surface area contributed by atoms with Crippen LogP contribution >= 0.6 is 0 Å². The average molecular weight is 597 g/mol. The molecule has 220 valence electrons. The summed E-state index contributed by atoms with van der Waals surface area (Å²) in [5.41, 5.74) is 11.3. The molecule has 0 heterocycles. The molecule has 0 bridgehead atoms. The zero-order valence-electron chi connectivity index (χ0n) is 26.2. The van der Waals surface area contributed by atoms with Gasteiger partial charge in [-0.25, -0.2) is 0 Å². The van der Waals surface area contributed by atoms with Crippen molar-refractivity contribution in [2.45, 2.75) is 6.92 Å². The summed E-state index contributed by atoms with van der Waals surface area (Å²) in [6.45, 7) is 2.23. The van der Waals surface area contributed by atoms with Crippen LogP contribution in [0, 0.1) is 6.92 Å². The molecule has 0 fully saturated rings. The van der Waals surface area contributed by atoms with Crippen LogP contribution in [0.1, 0.15) is 5.56 Å². The van der Waals surface area contributed by atoms with Crippen molar-refractivity contribution < 1.29 is 0 Å². The smallest absolute Gasteiger partial charge is 0.0105 e. The molecule has 0 aliphatic heterocycles. The Morgan fingerprint density at radius 3 is 1.40 bits per heavy atom. The van der Waals surface area contributed by atoms with Gasteiger partial charge in [0.1, 0.15) is 0 Å². The molecule has 0 aliphatic rings. The second-order valence-corrected chi connectivity index (χ2v) is 12.7. The number of rotatable bonds is 4. The lowest BCUT2D eigenvalue weighted by molar-refractivity contribution is 1.52. The summed E-state index contributed by atoms with van der Waals surface area (Å²) in [7, 11) is 0. The molecule has 0 atom stereocenters. The quantitative estimate of drug-likeness (QED) is 0.177. The Morgan fingerprint density at radius 2 is 0.681 bits per heavy atom. The van der Waals surface area contributed by atoms with Crippen LogP contribution in [0.25, 0.3) is 87.6 Å². The van der Waals surface area contributed by atoms with Gasteiger partial charge in [-0.15, -0.1) is 0 Å². The summed E-state index contributed by atoms with van der Waals surface area (Å²) in [5, 5.41) is 10.2. The van der Waals surface area contributed by atoms with E-state index in [1.807, 2.05) is 0 Å². The summed E-state index contributed by atoms with van der Waals surface area (Å²) < 4.78 is 0. The molecule has 0 saturated heterocycles. The molecule has 0 nitrogen and oxygen atoms in total. The molecule has 9 aromatic rings. The van der Waals surface area contributed by atoms with Crippen LogP contribution in [0.3, 0.4) is 0 Å². The van der Waals surface area contributed by atoms with E-state index < -0.39 is 0 Å². The fraction of sp³-hybridized carbons (Fsp3) is 0.0213. The average Bonchev–Trinajstić information content (AvgIpc) is 3.14. The zero-order valence-corrected chi connectivity index (χ0v) is 26.2. The van der Waals surface area contributed by atoms with E-state index in [1.54, 1.807) is 0 Å². The van der Waals surface area contributed by atoms with E-state index in [-0.39, 0.29) is 0 Å². The first kappa shape index (κ1) is 27.3.